The molecule has 1 aromatic heterocycles. The van der Waals surface area contributed by atoms with Gasteiger partial charge in [0.15, 0.2) is 0 Å². The van der Waals surface area contributed by atoms with Gasteiger partial charge in [0.05, 0.1) is 0 Å². The number of carbonyl (C=O) groups excluding carboxylic acids is 1. The van der Waals surface area contributed by atoms with Gasteiger partial charge in [-0.1, -0.05) is 36.7 Å². The molecule has 0 saturated heterocycles. The molecular weight excluding hydrogens is 290 g/mol. The van der Waals surface area contributed by atoms with Gasteiger partial charge in [-0.25, -0.2) is 4.68 Å². The van der Waals surface area contributed by atoms with Crippen LogP contribution in [0.1, 0.15) is 29.4 Å². The Kier molecular flexibility index (Phi) is 5.11. The topological polar surface area (TPSA) is 64.0 Å². The van der Waals surface area contributed by atoms with E-state index >= 15 is 0 Å². The molecule has 21 heavy (non-hydrogen) atoms. The molecule has 1 amide bonds. The largest absolute Gasteiger partial charge is 0.347 e. The minimum absolute atomic E-state index is 0.209. The lowest BCUT2D eigenvalue weighted by Gasteiger charge is -2.08. The highest BCUT2D eigenvalue weighted by molar-refractivity contribution is 6.31. The van der Waals surface area contributed by atoms with E-state index in [1.807, 2.05) is 25.1 Å². The fourth-order valence-electron chi connectivity index (χ4n) is 1.85. The zero-order chi connectivity index (χ0) is 15.2. The number of nitrogens with zero attached hydrogens (tertiary/aromatic N) is 2. The molecule has 1 aromatic carbocycles. The Morgan fingerprint density at radius 3 is 2.76 bits per heavy atom. The maximum atomic E-state index is 12.1. The maximum absolute atomic E-state index is 12.1. The molecule has 2 aromatic rings. The molecule has 0 aliphatic carbocycles. The predicted molar refractivity (Wildman–Crippen MR) is 81.4 cm³/mol. The number of aryl methyl sites for hydroxylation is 1. The second-order valence-electron chi connectivity index (χ2n) is 4.55. The SMILES string of the molecule is CCCn1nc(C(=O)NCc2ccccc2Cl)ccc1=O. The van der Waals surface area contributed by atoms with Crippen LogP contribution in [0.5, 0.6) is 0 Å². The van der Waals surface area contributed by atoms with E-state index in [2.05, 4.69) is 10.4 Å². The Bertz CT molecular complexity index is 697. The summed E-state index contributed by atoms with van der Waals surface area (Å²) in [7, 11) is 0. The molecule has 6 heteroatoms. The fraction of sp³-hybridized carbons (Fsp3) is 0.267. The molecule has 0 aliphatic rings. The highest BCUT2D eigenvalue weighted by Gasteiger charge is 2.10. The third kappa shape index (κ3) is 3.92. The predicted octanol–water partition coefficient (Wildman–Crippen LogP) is 2.24. The van der Waals surface area contributed by atoms with E-state index in [1.165, 1.54) is 16.8 Å². The zero-order valence-electron chi connectivity index (χ0n) is 11.7. The van der Waals surface area contributed by atoms with E-state index in [1.54, 1.807) is 6.07 Å². The molecule has 0 unspecified atom stereocenters. The van der Waals surface area contributed by atoms with E-state index in [4.69, 9.17) is 11.6 Å². The van der Waals surface area contributed by atoms with Crippen molar-refractivity contribution in [1.82, 2.24) is 15.1 Å². The maximum Gasteiger partial charge on any atom is 0.271 e. The monoisotopic (exact) mass is 305 g/mol. The first-order chi connectivity index (χ1) is 10.1. The van der Waals surface area contributed by atoms with Crippen molar-refractivity contribution in [2.45, 2.75) is 26.4 Å². The summed E-state index contributed by atoms with van der Waals surface area (Å²) in [5.41, 5.74) is 0.837. The Morgan fingerprint density at radius 2 is 2.05 bits per heavy atom. The van der Waals surface area contributed by atoms with Crippen molar-refractivity contribution < 1.29 is 4.79 Å². The van der Waals surface area contributed by atoms with Gasteiger partial charge in [0, 0.05) is 24.2 Å². The second-order valence-corrected chi connectivity index (χ2v) is 4.96. The fourth-order valence-corrected chi connectivity index (χ4v) is 2.05. The van der Waals surface area contributed by atoms with Crippen molar-refractivity contribution in [3.8, 4) is 0 Å². The number of nitrogens with one attached hydrogen (secondary N) is 1. The normalized spacial score (nSPS) is 10.4. The van der Waals surface area contributed by atoms with Crippen LogP contribution in [-0.2, 0) is 13.1 Å². The number of hydrogen-bond acceptors (Lipinski definition) is 3. The van der Waals surface area contributed by atoms with Crippen molar-refractivity contribution in [3.05, 3.63) is 63.0 Å². The van der Waals surface area contributed by atoms with Crippen molar-refractivity contribution in [3.63, 3.8) is 0 Å². The summed E-state index contributed by atoms with van der Waals surface area (Å²) in [6.07, 6.45) is 0.775. The van der Waals surface area contributed by atoms with Crippen molar-refractivity contribution >= 4 is 17.5 Å². The number of rotatable bonds is 5. The van der Waals surface area contributed by atoms with Gasteiger partial charge < -0.3 is 5.32 Å². The second kappa shape index (κ2) is 7.04. The summed E-state index contributed by atoms with van der Waals surface area (Å²) >= 11 is 6.03. The average molecular weight is 306 g/mol. The van der Waals surface area contributed by atoms with Gasteiger partial charge in [-0.05, 0) is 24.1 Å². The highest BCUT2D eigenvalue weighted by atomic mass is 35.5. The molecule has 0 spiro atoms. The standard InChI is InChI=1S/C15H16ClN3O2/c1-2-9-19-14(20)8-7-13(18-19)15(21)17-10-11-5-3-4-6-12(11)16/h3-8H,2,9-10H2,1H3,(H,17,21). The average Bonchev–Trinajstić information content (AvgIpc) is 2.48. The van der Waals surface area contributed by atoms with Crippen LogP contribution < -0.4 is 10.9 Å². The first-order valence-corrected chi connectivity index (χ1v) is 7.09. The van der Waals surface area contributed by atoms with Gasteiger partial charge in [0.1, 0.15) is 5.69 Å². The van der Waals surface area contributed by atoms with Crippen molar-refractivity contribution in [1.29, 1.82) is 0 Å². The van der Waals surface area contributed by atoms with E-state index in [9.17, 15) is 9.59 Å². The number of hydrogen-bond donors (Lipinski definition) is 1. The quantitative estimate of drug-likeness (QED) is 0.921. The van der Waals surface area contributed by atoms with Crippen LogP contribution >= 0.6 is 11.6 Å². The molecule has 110 valence electrons. The number of carbonyl (C=O) groups is 1. The first kappa shape index (κ1) is 15.3. The third-order valence-corrected chi connectivity index (χ3v) is 3.30. The molecule has 1 N–H and O–H groups in total. The van der Waals surface area contributed by atoms with Gasteiger partial charge in [-0.3, -0.25) is 9.59 Å². The Hall–Kier alpha value is -2.14. The summed E-state index contributed by atoms with van der Waals surface area (Å²) in [4.78, 5) is 23.6. The summed E-state index contributed by atoms with van der Waals surface area (Å²) in [6, 6.07) is 10.1. The third-order valence-electron chi connectivity index (χ3n) is 2.93. The summed E-state index contributed by atoms with van der Waals surface area (Å²) < 4.78 is 1.30. The van der Waals surface area contributed by atoms with Crippen molar-refractivity contribution in [2.75, 3.05) is 0 Å². The summed E-state index contributed by atoms with van der Waals surface area (Å²) in [5, 5.41) is 7.40. The number of benzene rings is 1. The molecule has 2 rings (SSSR count). The minimum Gasteiger partial charge on any atom is -0.347 e. The van der Waals surface area contributed by atoms with E-state index < -0.39 is 0 Å². The number of halogens is 1. The lowest BCUT2D eigenvalue weighted by atomic mass is 10.2. The molecule has 0 fully saturated rings. The van der Waals surface area contributed by atoms with E-state index in [0.29, 0.717) is 18.1 Å². The van der Waals surface area contributed by atoms with Crippen LogP contribution in [0.3, 0.4) is 0 Å². The Morgan fingerprint density at radius 1 is 1.29 bits per heavy atom. The van der Waals surface area contributed by atoms with Crippen LogP contribution in [0, 0.1) is 0 Å². The molecular formula is C15H16ClN3O2. The Balaban J connectivity index is 2.09. The molecule has 0 saturated carbocycles. The van der Waals surface area contributed by atoms with Crippen molar-refractivity contribution in [2.24, 2.45) is 0 Å². The number of aromatic nitrogens is 2. The summed E-state index contributed by atoms with van der Waals surface area (Å²) in [6.45, 7) is 2.75. The molecule has 0 bridgehead atoms. The van der Waals surface area contributed by atoms with Gasteiger partial charge in [-0.15, -0.1) is 0 Å². The van der Waals surface area contributed by atoms with E-state index in [-0.39, 0.29) is 17.2 Å². The van der Waals surface area contributed by atoms with Crippen LogP contribution in [0.4, 0.5) is 0 Å². The van der Waals surface area contributed by atoms with Crippen LogP contribution in [0.2, 0.25) is 5.02 Å². The number of amides is 1. The lowest BCUT2D eigenvalue weighted by molar-refractivity contribution is 0.0943. The molecule has 5 nitrogen and oxygen atoms in total. The highest BCUT2D eigenvalue weighted by Crippen LogP contribution is 2.14. The van der Waals surface area contributed by atoms with Gasteiger partial charge >= 0.3 is 0 Å². The Labute approximate surface area is 127 Å². The first-order valence-electron chi connectivity index (χ1n) is 6.71. The van der Waals surface area contributed by atoms with Gasteiger partial charge in [0.2, 0.25) is 0 Å². The van der Waals surface area contributed by atoms with Crippen LogP contribution in [-0.4, -0.2) is 15.7 Å². The van der Waals surface area contributed by atoms with Gasteiger partial charge in [-0.2, -0.15) is 5.10 Å². The zero-order valence-corrected chi connectivity index (χ0v) is 12.4. The molecule has 1 heterocycles. The van der Waals surface area contributed by atoms with E-state index in [0.717, 1.165) is 12.0 Å². The van der Waals surface area contributed by atoms with Crippen LogP contribution in [0.25, 0.3) is 0 Å². The minimum atomic E-state index is -0.334. The summed E-state index contributed by atoms with van der Waals surface area (Å²) in [5.74, 6) is -0.334. The smallest absolute Gasteiger partial charge is 0.271 e. The van der Waals surface area contributed by atoms with Crippen LogP contribution in [0.15, 0.2) is 41.2 Å². The molecule has 0 aliphatic heterocycles. The lowest BCUT2D eigenvalue weighted by Crippen LogP contribution is -2.29. The molecule has 0 atom stereocenters. The van der Waals surface area contributed by atoms with Gasteiger partial charge in [0.25, 0.3) is 11.5 Å². The molecule has 0 radical (unpaired) electrons.